The molecule has 0 aromatic heterocycles. The monoisotopic (exact) mass is 582 g/mol. The summed E-state index contributed by atoms with van der Waals surface area (Å²) in [6.07, 6.45) is 16.1. The SMILES string of the molecule is CCCCC[C@H](/C=C/[C@H]1[C@@H](C/C=C\CCCC(=O)O)[C@@H](O)C[C@H]1O[Si](C)(C)C(C)(C)C)O[Si](C)(C)C(C)(C)C. The normalized spacial score (nSPS) is 24.2. The van der Waals surface area contributed by atoms with E-state index in [1.54, 1.807) is 0 Å². The fourth-order valence-electron chi connectivity index (χ4n) is 4.70. The van der Waals surface area contributed by atoms with Gasteiger partial charge in [-0.15, -0.1) is 0 Å². The number of aliphatic carboxylic acids is 1. The third-order valence-electron chi connectivity index (χ3n) is 9.37. The van der Waals surface area contributed by atoms with E-state index < -0.39 is 28.7 Å². The zero-order chi connectivity index (χ0) is 30.1. The van der Waals surface area contributed by atoms with Crippen molar-refractivity contribution in [1.29, 1.82) is 0 Å². The lowest BCUT2D eigenvalue weighted by Gasteiger charge is -2.40. The topological polar surface area (TPSA) is 76.0 Å². The smallest absolute Gasteiger partial charge is 0.303 e. The number of carboxylic acids is 1. The first kappa shape index (κ1) is 36.3. The van der Waals surface area contributed by atoms with Gasteiger partial charge in [0.15, 0.2) is 16.6 Å². The number of hydrogen-bond donors (Lipinski definition) is 2. The molecule has 2 N–H and O–H groups in total. The van der Waals surface area contributed by atoms with Crippen LogP contribution in [0, 0.1) is 11.8 Å². The van der Waals surface area contributed by atoms with E-state index in [9.17, 15) is 9.90 Å². The highest BCUT2D eigenvalue weighted by atomic mass is 28.4. The molecule has 0 spiro atoms. The third-order valence-corrected chi connectivity index (χ3v) is 18.4. The van der Waals surface area contributed by atoms with Crippen molar-refractivity contribution in [2.75, 3.05) is 0 Å². The number of rotatable bonds is 16. The zero-order valence-electron chi connectivity index (χ0n) is 27.2. The lowest BCUT2D eigenvalue weighted by molar-refractivity contribution is -0.137. The van der Waals surface area contributed by atoms with Gasteiger partial charge in [-0.1, -0.05) is 92.0 Å². The molecule has 7 heteroatoms. The minimum Gasteiger partial charge on any atom is -0.481 e. The molecule has 5 nitrogen and oxygen atoms in total. The van der Waals surface area contributed by atoms with E-state index in [-0.39, 0.29) is 40.5 Å². The Morgan fingerprint density at radius 2 is 1.59 bits per heavy atom. The summed E-state index contributed by atoms with van der Waals surface area (Å²) in [7, 11) is -3.95. The number of hydrogen-bond acceptors (Lipinski definition) is 4. The summed E-state index contributed by atoms with van der Waals surface area (Å²) >= 11 is 0. The van der Waals surface area contributed by atoms with Crippen molar-refractivity contribution in [3.63, 3.8) is 0 Å². The molecule has 1 aliphatic rings. The van der Waals surface area contributed by atoms with Crippen LogP contribution < -0.4 is 0 Å². The first-order valence-electron chi connectivity index (χ1n) is 15.4. The lowest BCUT2D eigenvalue weighted by Crippen LogP contribution is -2.45. The van der Waals surface area contributed by atoms with Crippen LogP contribution in [0.3, 0.4) is 0 Å². The van der Waals surface area contributed by atoms with Gasteiger partial charge in [0.2, 0.25) is 0 Å². The summed E-state index contributed by atoms with van der Waals surface area (Å²) in [4.78, 5) is 10.8. The Kier molecular flexibility index (Phi) is 14.4. The molecule has 0 radical (unpaired) electrons. The molecule has 39 heavy (non-hydrogen) atoms. The van der Waals surface area contributed by atoms with Crippen molar-refractivity contribution < 1.29 is 23.9 Å². The summed E-state index contributed by atoms with van der Waals surface area (Å²) < 4.78 is 13.8. The summed E-state index contributed by atoms with van der Waals surface area (Å²) in [5.74, 6) is -0.552. The highest BCUT2D eigenvalue weighted by Gasteiger charge is 2.47. The molecule has 0 unspecified atom stereocenters. The Balaban J connectivity index is 3.22. The number of allylic oxidation sites excluding steroid dienone is 2. The average Bonchev–Trinajstić information content (AvgIpc) is 3.05. The molecule has 1 aliphatic carbocycles. The van der Waals surface area contributed by atoms with Crippen LogP contribution in [0.5, 0.6) is 0 Å². The Morgan fingerprint density at radius 3 is 2.13 bits per heavy atom. The van der Waals surface area contributed by atoms with Crippen molar-refractivity contribution in [2.45, 2.75) is 161 Å². The molecular weight excluding hydrogens is 521 g/mol. The first-order valence-corrected chi connectivity index (χ1v) is 21.2. The predicted octanol–water partition coefficient (Wildman–Crippen LogP) is 9.10. The van der Waals surface area contributed by atoms with Gasteiger partial charge in [0, 0.05) is 12.3 Å². The van der Waals surface area contributed by atoms with Gasteiger partial charge < -0.3 is 19.1 Å². The van der Waals surface area contributed by atoms with Gasteiger partial charge in [0.25, 0.3) is 0 Å². The zero-order valence-corrected chi connectivity index (χ0v) is 29.2. The average molecular weight is 583 g/mol. The molecule has 0 amide bonds. The molecular formula is C32H62O5Si2. The molecule has 1 saturated carbocycles. The molecule has 0 aromatic rings. The van der Waals surface area contributed by atoms with Gasteiger partial charge in [0.1, 0.15) is 0 Å². The molecule has 5 atom stereocenters. The van der Waals surface area contributed by atoms with Crippen LogP contribution in [0.4, 0.5) is 0 Å². The Morgan fingerprint density at radius 1 is 0.974 bits per heavy atom. The maximum Gasteiger partial charge on any atom is 0.303 e. The van der Waals surface area contributed by atoms with E-state index in [1.165, 1.54) is 12.8 Å². The van der Waals surface area contributed by atoms with Crippen LogP contribution in [-0.4, -0.2) is 51.1 Å². The quantitative estimate of drug-likeness (QED) is 0.108. The van der Waals surface area contributed by atoms with Gasteiger partial charge in [-0.05, 0) is 74.3 Å². The maximum absolute atomic E-state index is 11.2. The van der Waals surface area contributed by atoms with Crippen LogP contribution in [0.1, 0.15) is 106 Å². The number of carbonyl (C=O) groups is 1. The molecule has 0 saturated heterocycles. The molecule has 228 valence electrons. The minimum atomic E-state index is -2.02. The first-order chi connectivity index (χ1) is 17.8. The highest BCUT2D eigenvalue weighted by molar-refractivity contribution is 6.74. The second-order valence-electron chi connectivity index (χ2n) is 14.8. The largest absolute Gasteiger partial charge is 0.481 e. The van der Waals surface area contributed by atoms with E-state index in [1.807, 2.05) is 0 Å². The van der Waals surface area contributed by atoms with Crippen LogP contribution in [0.25, 0.3) is 0 Å². The second kappa shape index (κ2) is 15.5. The fourth-order valence-corrected chi connectivity index (χ4v) is 7.38. The van der Waals surface area contributed by atoms with Crippen LogP contribution in [-0.2, 0) is 13.6 Å². The van der Waals surface area contributed by atoms with E-state index >= 15 is 0 Å². The van der Waals surface area contributed by atoms with Gasteiger partial charge >= 0.3 is 5.97 Å². The minimum absolute atomic E-state index is 0.00767. The van der Waals surface area contributed by atoms with Crippen molar-refractivity contribution in [3.8, 4) is 0 Å². The lowest BCUT2D eigenvalue weighted by atomic mass is 9.89. The fraction of sp³-hybridized carbons (Fsp3) is 0.844. The number of aliphatic hydroxyl groups excluding tert-OH is 1. The van der Waals surface area contributed by atoms with Crippen LogP contribution in [0.15, 0.2) is 24.3 Å². The number of aliphatic hydroxyl groups is 1. The Bertz CT molecular complexity index is 791. The van der Waals surface area contributed by atoms with E-state index in [2.05, 4.69) is 99.0 Å². The van der Waals surface area contributed by atoms with E-state index in [0.717, 1.165) is 25.7 Å². The molecule has 1 rings (SSSR count). The Hall–Kier alpha value is -0.736. The van der Waals surface area contributed by atoms with Gasteiger partial charge in [0.05, 0.1) is 18.3 Å². The summed E-state index contributed by atoms with van der Waals surface area (Å²) in [6, 6.07) is 0. The number of unbranched alkanes of at least 4 members (excludes halogenated alkanes) is 3. The molecule has 0 bridgehead atoms. The maximum atomic E-state index is 11.2. The molecule has 0 aromatic carbocycles. The highest BCUT2D eigenvalue weighted by Crippen LogP contribution is 2.44. The van der Waals surface area contributed by atoms with Crippen molar-refractivity contribution >= 4 is 22.6 Å². The van der Waals surface area contributed by atoms with E-state index in [0.29, 0.717) is 12.8 Å². The Labute approximate surface area is 243 Å². The van der Waals surface area contributed by atoms with Crippen molar-refractivity contribution in [1.82, 2.24) is 0 Å². The van der Waals surface area contributed by atoms with Gasteiger partial charge in [-0.25, -0.2) is 0 Å². The standard InChI is InChI=1S/C32H62O5Si2/c1-12-13-16-19-25(36-38(8,9)31(2,3)4)22-23-27-26(20-17-14-15-18-21-30(34)35)28(33)24-29(27)37-39(10,11)32(5,6)7/h14,17,22-23,25-29,33H,12-13,15-16,18-21,24H2,1-11H3,(H,34,35)/b17-14-,23-22+/t25-,26-,27+,28+,29-/m1/s1. The van der Waals surface area contributed by atoms with Gasteiger partial charge in [-0.2, -0.15) is 0 Å². The molecule has 1 fully saturated rings. The molecule has 0 aliphatic heterocycles. The van der Waals surface area contributed by atoms with Crippen molar-refractivity contribution in [2.24, 2.45) is 11.8 Å². The number of carboxylic acid groups (broad SMARTS) is 1. The van der Waals surface area contributed by atoms with E-state index in [4.69, 9.17) is 14.0 Å². The third kappa shape index (κ3) is 12.0. The van der Waals surface area contributed by atoms with Crippen LogP contribution in [0.2, 0.25) is 36.3 Å². The summed E-state index contributed by atoms with van der Waals surface area (Å²) in [5.41, 5.74) is 0. The molecule has 0 heterocycles. The second-order valence-corrected chi connectivity index (χ2v) is 24.3. The van der Waals surface area contributed by atoms with Crippen LogP contribution >= 0.6 is 0 Å². The summed E-state index contributed by atoms with van der Waals surface area (Å²) in [5, 5.41) is 20.3. The van der Waals surface area contributed by atoms with Crippen molar-refractivity contribution in [3.05, 3.63) is 24.3 Å². The van der Waals surface area contributed by atoms with Gasteiger partial charge in [-0.3, -0.25) is 4.79 Å². The predicted molar refractivity (Wildman–Crippen MR) is 170 cm³/mol. The summed E-state index contributed by atoms with van der Waals surface area (Å²) in [6.45, 7) is 25.2.